The van der Waals surface area contributed by atoms with E-state index in [-0.39, 0.29) is 5.91 Å². The van der Waals surface area contributed by atoms with Gasteiger partial charge in [0.2, 0.25) is 0 Å². The summed E-state index contributed by atoms with van der Waals surface area (Å²) in [5.74, 6) is 1.60. The van der Waals surface area contributed by atoms with Crippen molar-refractivity contribution in [3.8, 4) is 17.1 Å². The zero-order valence-corrected chi connectivity index (χ0v) is 14.9. The summed E-state index contributed by atoms with van der Waals surface area (Å²) >= 11 is 5.98. The minimum atomic E-state index is -0.314. The number of nitrogens with one attached hydrogen (secondary N) is 1. The Hall–Kier alpha value is -3.05. The number of rotatable bonds is 6. The fraction of sp³-hybridized carbons (Fsp3) is 0.100. The lowest BCUT2D eigenvalue weighted by Crippen LogP contribution is -2.17. The number of amides is 1. The van der Waals surface area contributed by atoms with Crippen molar-refractivity contribution in [2.45, 2.75) is 6.92 Å². The molecule has 1 heterocycles. The molecule has 6 heteroatoms. The van der Waals surface area contributed by atoms with Gasteiger partial charge in [0, 0.05) is 16.1 Å². The van der Waals surface area contributed by atoms with Gasteiger partial charge < -0.3 is 9.15 Å². The fourth-order valence-corrected chi connectivity index (χ4v) is 2.50. The quantitative estimate of drug-likeness (QED) is 0.504. The van der Waals surface area contributed by atoms with Crippen LogP contribution >= 0.6 is 11.6 Å². The predicted molar refractivity (Wildman–Crippen MR) is 102 cm³/mol. The van der Waals surface area contributed by atoms with Gasteiger partial charge in [0.05, 0.1) is 12.8 Å². The van der Waals surface area contributed by atoms with Crippen molar-refractivity contribution >= 4 is 23.7 Å². The van der Waals surface area contributed by atoms with Gasteiger partial charge in [-0.3, -0.25) is 4.79 Å². The molecule has 0 saturated heterocycles. The van der Waals surface area contributed by atoms with Gasteiger partial charge in [0.15, 0.2) is 0 Å². The van der Waals surface area contributed by atoms with E-state index in [9.17, 15) is 4.79 Å². The molecule has 1 amide bonds. The molecule has 0 saturated carbocycles. The molecule has 0 bridgehead atoms. The lowest BCUT2D eigenvalue weighted by molar-refractivity contribution is 0.0955. The molecular weight excluding hydrogens is 352 g/mol. The number of ether oxygens (including phenoxy) is 1. The fourth-order valence-electron chi connectivity index (χ4n) is 2.31. The van der Waals surface area contributed by atoms with E-state index >= 15 is 0 Å². The molecule has 0 unspecified atom stereocenters. The molecule has 0 spiro atoms. The minimum Gasteiger partial charge on any atom is -0.494 e. The average Bonchev–Trinajstić information content (AvgIpc) is 3.11. The Kier molecular flexibility index (Phi) is 5.71. The Balaban J connectivity index is 1.61. The SMILES string of the molecule is CCOc1ccc(C(=O)N/N=C\c2ccc(-c3cccc(Cl)c3)o2)cc1. The Morgan fingerprint density at radius 1 is 1.19 bits per heavy atom. The van der Waals surface area contributed by atoms with Crippen LogP contribution in [-0.2, 0) is 0 Å². The number of furan rings is 1. The molecule has 3 rings (SSSR count). The maximum absolute atomic E-state index is 12.1. The van der Waals surface area contributed by atoms with Crippen LogP contribution in [0.3, 0.4) is 0 Å². The van der Waals surface area contributed by atoms with Crippen LogP contribution in [0.4, 0.5) is 0 Å². The van der Waals surface area contributed by atoms with Crippen LogP contribution in [-0.4, -0.2) is 18.7 Å². The molecule has 132 valence electrons. The van der Waals surface area contributed by atoms with Gasteiger partial charge in [-0.25, -0.2) is 5.43 Å². The van der Waals surface area contributed by atoms with Gasteiger partial charge in [-0.05, 0) is 55.5 Å². The van der Waals surface area contributed by atoms with Gasteiger partial charge in [-0.1, -0.05) is 23.7 Å². The molecule has 3 aromatic rings. The number of nitrogens with zero attached hydrogens (tertiary/aromatic N) is 1. The van der Waals surface area contributed by atoms with Crippen LogP contribution in [0.15, 0.2) is 70.2 Å². The summed E-state index contributed by atoms with van der Waals surface area (Å²) in [5, 5.41) is 4.56. The Bertz CT molecular complexity index is 917. The highest BCUT2D eigenvalue weighted by molar-refractivity contribution is 6.30. The van der Waals surface area contributed by atoms with Crippen LogP contribution in [0.25, 0.3) is 11.3 Å². The molecule has 1 aromatic heterocycles. The summed E-state index contributed by atoms with van der Waals surface area (Å²) in [5.41, 5.74) is 3.83. The minimum absolute atomic E-state index is 0.314. The van der Waals surface area contributed by atoms with Crippen molar-refractivity contribution in [3.05, 3.63) is 77.0 Å². The summed E-state index contributed by atoms with van der Waals surface area (Å²) in [6, 6.07) is 17.8. The average molecular weight is 369 g/mol. The predicted octanol–water partition coefficient (Wildman–Crippen LogP) is 4.76. The van der Waals surface area contributed by atoms with E-state index in [0.717, 1.165) is 11.3 Å². The van der Waals surface area contributed by atoms with E-state index in [1.807, 2.05) is 31.2 Å². The van der Waals surface area contributed by atoms with Crippen molar-refractivity contribution in [2.75, 3.05) is 6.61 Å². The van der Waals surface area contributed by atoms with Crippen LogP contribution < -0.4 is 10.2 Å². The molecular formula is C20H17ClN2O3. The summed E-state index contributed by atoms with van der Waals surface area (Å²) in [6.45, 7) is 2.48. The third kappa shape index (κ3) is 4.52. The van der Waals surface area contributed by atoms with E-state index in [2.05, 4.69) is 10.5 Å². The lowest BCUT2D eigenvalue weighted by atomic mass is 10.2. The third-order valence-corrected chi connectivity index (χ3v) is 3.76. The second-order valence-electron chi connectivity index (χ2n) is 5.37. The van der Waals surface area contributed by atoms with Crippen molar-refractivity contribution in [2.24, 2.45) is 5.10 Å². The smallest absolute Gasteiger partial charge is 0.271 e. The van der Waals surface area contributed by atoms with E-state index in [1.54, 1.807) is 36.4 Å². The molecule has 0 atom stereocenters. The van der Waals surface area contributed by atoms with Crippen LogP contribution in [0.5, 0.6) is 5.75 Å². The monoisotopic (exact) mass is 368 g/mol. The molecule has 1 N–H and O–H groups in total. The molecule has 0 radical (unpaired) electrons. The molecule has 5 nitrogen and oxygen atoms in total. The van der Waals surface area contributed by atoms with E-state index in [0.29, 0.717) is 28.7 Å². The van der Waals surface area contributed by atoms with E-state index < -0.39 is 0 Å². The Morgan fingerprint density at radius 3 is 2.73 bits per heavy atom. The first kappa shape index (κ1) is 17.8. The summed E-state index contributed by atoms with van der Waals surface area (Å²) in [6.07, 6.45) is 1.44. The lowest BCUT2D eigenvalue weighted by Gasteiger charge is -2.03. The maximum atomic E-state index is 12.1. The second kappa shape index (κ2) is 8.36. The molecule has 2 aromatic carbocycles. The first-order valence-electron chi connectivity index (χ1n) is 8.08. The zero-order valence-electron chi connectivity index (χ0n) is 14.1. The maximum Gasteiger partial charge on any atom is 0.271 e. The van der Waals surface area contributed by atoms with Crippen LogP contribution in [0, 0.1) is 0 Å². The standard InChI is InChI=1S/C20H17ClN2O3/c1-2-25-17-8-6-14(7-9-17)20(24)23-22-13-18-10-11-19(26-18)15-4-3-5-16(21)12-15/h3-13H,2H2,1H3,(H,23,24)/b22-13-. The third-order valence-electron chi connectivity index (χ3n) is 3.52. The number of carbonyl (C=O) groups excluding carboxylic acids is 1. The number of benzene rings is 2. The van der Waals surface area contributed by atoms with Gasteiger partial charge in [0.1, 0.15) is 17.3 Å². The molecule has 0 aliphatic carbocycles. The topological polar surface area (TPSA) is 63.8 Å². The molecule has 0 fully saturated rings. The van der Waals surface area contributed by atoms with Crippen molar-refractivity contribution in [1.29, 1.82) is 0 Å². The highest BCUT2D eigenvalue weighted by atomic mass is 35.5. The highest BCUT2D eigenvalue weighted by Gasteiger charge is 2.06. The van der Waals surface area contributed by atoms with Gasteiger partial charge >= 0.3 is 0 Å². The molecule has 0 aliphatic heterocycles. The largest absolute Gasteiger partial charge is 0.494 e. The van der Waals surface area contributed by atoms with Gasteiger partial charge in [0.25, 0.3) is 5.91 Å². The number of hydrazone groups is 1. The van der Waals surface area contributed by atoms with E-state index in [4.69, 9.17) is 20.8 Å². The van der Waals surface area contributed by atoms with Gasteiger partial charge in [-0.15, -0.1) is 0 Å². The first-order chi connectivity index (χ1) is 12.7. The van der Waals surface area contributed by atoms with Crippen LogP contribution in [0.2, 0.25) is 5.02 Å². The van der Waals surface area contributed by atoms with Crippen molar-refractivity contribution < 1.29 is 13.9 Å². The first-order valence-corrected chi connectivity index (χ1v) is 8.45. The van der Waals surface area contributed by atoms with Crippen LogP contribution in [0.1, 0.15) is 23.0 Å². The summed E-state index contributed by atoms with van der Waals surface area (Å²) in [7, 11) is 0. The normalized spacial score (nSPS) is 10.8. The Labute approximate surface area is 156 Å². The molecule has 0 aliphatic rings. The summed E-state index contributed by atoms with van der Waals surface area (Å²) in [4.78, 5) is 12.1. The van der Waals surface area contributed by atoms with Crippen molar-refractivity contribution in [3.63, 3.8) is 0 Å². The zero-order chi connectivity index (χ0) is 18.4. The summed E-state index contributed by atoms with van der Waals surface area (Å²) < 4.78 is 11.0. The van der Waals surface area contributed by atoms with Crippen molar-refractivity contribution in [1.82, 2.24) is 5.43 Å². The number of hydrogen-bond donors (Lipinski definition) is 1. The number of hydrogen-bond acceptors (Lipinski definition) is 4. The second-order valence-corrected chi connectivity index (χ2v) is 5.81. The number of carbonyl (C=O) groups is 1. The highest BCUT2D eigenvalue weighted by Crippen LogP contribution is 2.24. The van der Waals surface area contributed by atoms with Gasteiger partial charge in [-0.2, -0.15) is 5.10 Å². The Morgan fingerprint density at radius 2 is 2.00 bits per heavy atom. The molecule has 26 heavy (non-hydrogen) atoms. The number of halogens is 1. The van der Waals surface area contributed by atoms with E-state index in [1.165, 1.54) is 6.21 Å².